The smallest absolute Gasteiger partial charge is 0.170 e. The lowest BCUT2D eigenvalue weighted by molar-refractivity contribution is 0.178. The van der Waals surface area contributed by atoms with Crippen molar-refractivity contribution in [3.05, 3.63) is 0 Å². The van der Waals surface area contributed by atoms with Gasteiger partial charge in [0.2, 0.25) is 0 Å². The lowest BCUT2D eigenvalue weighted by Crippen LogP contribution is -2.05. The largest absolute Gasteiger partial charge is 0.331 e. The molecule has 0 aliphatic rings. The van der Waals surface area contributed by atoms with Crippen LogP contribution in [0.3, 0.4) is 0 Å². The quantitative estimate of drug-likeness (QED) is 0.602. The summed E-state index contributed by atoms with van der Waals surface area (Å²) < 4.78 is 11.1. The van der Waals surface area contributed by atoms with E-state index >= 15 is 0 Å². The van der Waals surface area contributed by atoms with E-state index in [9.17, 15) is 0 Å². The van der Waals surface area contributed by atoms with Crippen LogP contribution in [-0.2, 0) is 9.05 Å². The molecule has 0 saturated heterocycles. The van der Waals surface area contributed by atoms with Crippen molar-refractivity contribution in [2.75, 3.05) is 6.16 Å². The fourth-order valence-corrected chi connectivity index (χ4v) is 1.93. The highest BCUT2D eigenvalue weighted by Gasteiger charge is 2.10. The van der Waals surface area contributed by atoms with Gasteiger partial charge in [-0.3, -0.25) is 0 Å². The van der Waals surface area contributed by atoms with Crippen LogP contribution in [0.5, 0.6) is 0 Å². The highest BCUT2D eigenvalue weighted by Crippen LogP contribution is 2.40. The topological polar surface area (TPSA) is 18.5 Å². The standard InChI is InChI=1S/C8H19O2P/c1-6-11(9-7(2)3)10-8(4)5/h7-8H,6H2,1-5H3. The first-order valence-electron chi connectivity index (χ1n) is 4.17. The summed E-state index contributed by atoms with van der Waals surface area (Å²) in [6.45, 7) is 10.2. The summed E-state index contributed by atoms with van der Waals surface area (Å²) in [6, 6.07) is 0. The third-order valence-electron chi connectivity index (χ3n) is 0.915. The van der Waals surface area contributed by atoms with Crippen LogP contribution < -0.4 is 0 Å². The van der Waals surface area contributed by atoms with E-state index in [0.717, 1.165) is 6.16 Å². The van der Waals surface area contributed by atoms with E-state index in [2.05, 4.69) is 6.92 Å². The molecule has 0 unspecified atom stereocenters. The Hall–Kier alpha value is 0.350. The zero-order chi connectivity index (χ0) is 8.85. The molecular weight excluding hydrogens is 159 g/mol. The molecule has 0 rings (SSSR count). The van der Waals surface area contributed by atoms with Crippen molar-refractivity contribution in [3.8, 4) is 0 Å². The van der Waals surface area contributed by atoms with Crippen LogP contribution in [0.15, 0.2) is 0 Å². The molecule has 0 amide bonds. The molecule has 0 fully saturated rings. The highest BCUT2D eigenvalue weighted by molar-refractivity contribution is 7.47. The lowest BCUT2D eigenvalue weighted by Gasteiger charge is -2.20. The maximum absolute atomic E-state index is 5.55. The molecule has 0 spiro atoms. The second kappa shape index (κ2) is 5.93. The van der Waals surface area contributed by atoms with Gasteiger partial charge >= 0.3 is 0 Å². The summed E-state index contributed by atoms with van der Waals surface area (Å²) in [4.78, 5) is 0. The molecule has 0 bridgehead atoms. The Morgan fingerprint density at radius 2 is 1.36 bits per heavy atom. The Bertz CT molecular complexity index is 84.1. The molecule has 0 heterocycles. The van der Waals surface area contributed by atoms with Crippen LogP contribution in [0.25, 0.3) is 0 Å². The Kier molecular flexibility index (Phi) is 6.12. The van der Waals surface area contributed by atoms with Crippen molar-refractivity contribution in [2.24, 2.45) is 0 Å². The third kappa shape index (κ3) is 6.74. The second-order valence-electron chi connectivity index (χ2n) is 2.96. The molecule has 0 aliphatic carbocycles. The van der Waals surface area contributed by atoms with Gasteiger partial charge in [0, 0.05) is 6.16 Å². The first kappa shape index (κ1) is 11.4. The van der Waals surface area contributed by atoms with E-state index in [1.54, 1.807) is 0 Å². The van der Waals surface area contributed by atoms with Crippen molar-refractivity contribution in [1.29, 1.82) is 0 Å². The van der Waals surface area contributed by atoms with Gasteiger partial charge in [-0.05, 0) is 27.7 Å². The summed E-state index contributed by atoms with van der Waals surface area (Å²) in [5, 5.41) is 0. The summed E-state index contributed by atoms with van der Waals surface area (Å²) in [5.74, 6) is 0. The maximum Gasteiger partial charge on any atom is 0.170 e. The molecule has 0 radical (unpaired) electrons. The molecule has 0 atom stereocenters. The zero-order valence-corrected chi connectivity index (χ0v) is 9.02. The molecular formula is C8H19O2P. The van der Waals surface area contributed by atoms with Gasteiger partial charge in [-0.1, -0.05) is 6.92 Å². The fourth-order valence-electron chi connectivity index (χ4n) is 0.644. The first-order chi connectivity index (χ1) is 5.06. The van der Waals surface area contributed by atoms with Crippen molar-refractivity contribution in [1.82, 2.24) is 0 Å². The molecule has 3 heteroatoms. The van der Waals surface area contributed by atoms with E-state index in [4.69, 9.17) is 9.05 Å². The van der Waals surface area contributed by atoms with Gasteiger partial charge in [0.05, 0.1) is 12.2 Å². The monoisotopic (exact) mass is 178 g/mol. The third-order valence-corrected chi connectivity index (χ3v) is 2.74. The SMILES string of the molecule is CCP(OC(C)C)OC(C)C. The molecule has 0 saturated carbocycles. The molecule has 0 aromatic carbocycles. The van der Waals surface area contributed by atoms with Crippen LogP contribution in [0.1, 0.15) is 34.6 Å². The minimum Gasteiger partial charge on any atom is -0.331 e. The normalized spacial score (nSPS) is 12.0. The minimum absolute atomic E-state index is 0.278. The lowest BCUT2D eigenvalue weighted by atomic mass is 10.5. The van der Waals surface area contributed by atoms with Gasteiger partial charge in [0.1, 0.15) is 0 Å². The molecule has 0 aromatic heterocycles. The summed E-state index contributed by atoms with van der Waals surface area (Å²) in [6.07, 6.45) is 1.53. The average Bonchev–Trinajstić information content (AvgIpc) is 1.84. The average molecular weight is 178 g/mol. The van der Waals surface area contributed by atoms with E-state index in [0.29, 0.717) is 0 Å². The number of rotatable bonds is 5. The van der Waals surface area contributed by atoms with Crippen LogP contribution in [-0.4, -0.2) is 18.4 Å². The van der Waals surface area contributed by atoms with E-state index in [-0.39, 0.29) is 12.2 Å². The van der Waals surface area contributed by atoms with Crippen molar-refractivity contribution in [3.63, 3.8) is 0 Å². The van der Waals surface area contributed by atoms with Crippen molar-refractivity contribution >= 4 is 8.38 Å². The predicted octanol–water partition coefficient (Wildman–Crippen LogP) is 3.17. The summed E-state index contributed by atoms with van der Waals surface area (Å²) in [7, 11) is -0.637. The van der Waals surface area contributed by atoms with Gasteiger partial charge in [0.15, 0.2) is 8.38 Å². The van der Waals surface area contributed by atoms with Gasteiger partial charge in [-0.25, -0.2) is 0 Å². The molecule has 0 N–H and O–H groups in total. The number of hydrogen-bond acceptors (Lipinski definition) is 2. The van der Waals surface area contributed by atoms with E-state index < -0.39 is 8.38 Å². The van der Waals surface area contributed by atoms with E-state index in [1.165, 1.54) is 0 Å². The Balaban J connectivity index is 3.58. The molecule has 68 valence electrons. The molecule has 0 aliphatic heterocycles. The highest BCUT2D eigenvalue weighted by atomic mass is 31.2. The summed E-state index contributed by atoms with van der Waals surface area (Å²) >= 11 is 0. The van der Waals surface area contributed by atoms with E-state index in [1.807, 2.05) is 27.7 Å². The molecule has 11 heavy (non-hydrogen) atoms. The Morgan fingerprint density at radius 1 is 1.00 bits per heavy atom. The predicted molar refractivity (Wildman–Crippen MR) is 49.9 cm³/mol. The van der Waals surface area contributed by atoms with Crippen LogP contribution >= 0.6 is 8.38 Å². The van der Waals surface area contributed by atoms with Gasteiger partial charge < -0.3 is 9.05 Å². The molecule has 2 nitrogen and oxygen atoms in total. The van der Waals surface area contributed by atoms with Crippen molar-refractivity contribution in [2.45, 2.75) is 46.8 Å². The van der Waals surface area contributed by atoms with Crippen LogP contribution in [0.2, 0.25) is 0 Å². The van der Waals surface area contributed by atoms with Crippen LogP contribution in [0.4, 0.5) is 0 Å². The Labute approximate surface area is 71.2 Å². The fraction of sp³-hybridized carbons (Fsp3) is 1.00. The van der Waals surface area contributed by atoms with Gasteiger partial charge in [-0.15, -0.1) is 0 Å². The van der Waals surface area contributed by atoms with Gasteiger partial charge in [0.25, 0.3) is 0 Å². The minimum atomic E-state index is -0.637. The maximum atomic E-state index is 5.55. The second-order valence-corrected chi connectivity index (χ2v) is 4.68. The number of hydrogen-bond donors (Lipinski definition) is 0. The Morgan fingerprint density at radius 3 is 1.55 bits per heavy atom. The molecule has 0 aromatic rings. The first-order valence-corrected chi connectivity index (χ1v) is 5.53. The van der Waals surface area contributed by atoms with Gasteiger partial charge in [-0.2, -0.15) is 0 Å². The van der Waals surface area contributed by atoms with Crippen molar-refractivity contribution < 1.29 is 9.05 Å². The van der Waals surface area contributed by atoms with Crippen LogP contribution in [0, 0.1) is 0 Å². The summed E-state index contributed by atoms with van der Waals surface area (Å²) in [5.41, 5.74) is 0. The zero-order valence-electron chi connectivity index (χ0n) is 8.13.